The molecule has 0 atom stereocenters. The topological polar surface area (TPSA) is 65.7 Å². The third-order valence-electron chi connectivity index (χ3n) is 6.73. The summed E-state index contributed by atoms with van der Waals surface area (Å²) >= 11 is 10.2. The highest BCUT2D eigenvalue weighted by atomic mass is 79.9. The summed E-state index contributed by atoms with van der Waals surface area (Å²) in [5.41, 5.74) is 1.86. The molecular weight excluding hydrogens is 573 g/mol. The second-order valence-electron chi connectivity index (χ2n) is 9.22. The molecule has 1 saturated carbocycles. The predicted octanol–water partition coefficient (Wildman–Crippen LogP) is 7.47. The van der Waals surface area contributed by atoms with Gasteiger partial charge in [-0.2, -0.15) is 9.78 Å². The summed E-state index contributed by atoms with van der Waals surface area (Å²) in [6.45, 7) is 0.180. The molecule has 0 unspecified atom stereocenters. The minimum Gasteiger partial charge on any atom is -0.493 e. The van der Waals surface area contributed by atoms with Gasteiger partial charge in [0, 0.05) is 16.0 Å². The molecule has 0 spiro atoms. The van der Waals surface area contributed by atoms with Gasteiger partial charge in [0.2, 0.25) is 0 Å². The molecule has 1 aromatic heterocycles. The lowest BCUT2D eigenvalue weighted by molar-refractivity contribution is 0.284. The summed E-state index contributed by atoms with van der Waals surface area (Å²) in [5, 5.41) is 5.42. The van der Waals surface area contributed by atoms with Gasteiger partial charge < -0.3 is 9.47 Å². The van der Waals surface area contributed by atoms with E-state index < -0.39 is 0 Å². The molecule has 1 heterocycles. The third-order valence-corrected chi connectivity index (χ3v) is 8.18. The van der Waals surface area contributed by atoms with Gasteiger partial charge in [-0.3, -0.25) is 4.79 Å². The molecule has 0 bridgehead atoms. The van der Waals surface area contributed by atoms with Gasteiger partial charge in [-0.25, -0.2) is 9.37 Å². The average Bonchev–Trinajstić information content (AvgIpc) is 2.95. The van der Waals surface area contributed by atoms with Gasteiger partial charge in [-0.05, 0) is 64.7 Å². The van der Waals surface area contributed by atoms with Crippen LogP contribution in [-0.2, 0) is 6.61 Å². The van der Waals surface area contributed by atoms with Crippen molar-refractivity contribution in [1.29, 1.82) is 0 Å². The number of methoxy groups -OCH3 is 1. The molecule has 38 heavy (non-hydrogen) atoms. The van der Waals surface area contributed by atoms with E-state index in [1.54, 1.807) is 30.5 Å². The second kappa shape index (κ2) is 11.7. The minimum atomic E-state index is -0.317. The average molecular weight is 599 g/mol. The van der Waals surface area contributed by atoms with E-state index in [4.69, 9.17) is 26.1 Å². The highest BCUT2D eigenvalue weighted by molar-refractivity contribution is 9.10. The third kappa shape index (κ3) is 5.47. The number of hydrogen-bond donors (Lipinski definition) is 0. The Morgan fingerprint density at radius 3 is 2.63 bits per heavy atom. The van der Waals surface area contributed by atoms with E-state index in [2.05, 4.69) is 21.0 Å². The van der Waals surface area contributed by atoms with Crippen molar-refractivity contribution in [3.63, 3.8) is 0 Å². The first-order valence-electron chi connectivity index (χ1n) is 12.5. The Balaban J connectivity index is 1.51. The maximum Gasteiger partial charge on any atom is 0.282 e. The second-order valence-corrected chi connectivity index (χ2v) is 10.4. The van der Waals surface area contributed by atoms with Crippen LogP contribution < -0.4 is 15.0 Å². The summed E-state index contributed by atoms with van der Waals surface area (Å²) in [6, 6.07) is 15.1. The molecule has 196 valence electrons. The van der Waals surface area contributed by atoms with Crippen molar-refractivity contribution in [2.24, 2.45) is 5.10 Å². The van der Waals surface area contributed by atoms with Crippen molar-refractivity contribution in [2.75, 3.05) is 7.11 Å². The van der Waals surface area contributed by atoms with Gasteiger partial charge in [0.25, 0.3) is 5.56 Å². The molecule has 0 N–H and O–H groups in total. The van der Waals surface area contributed by atoms with E-state index in [9.17, 15) is 9.18 Å². The summed E-state index contributed by atoms with van der Waals surface area (Å²) < 4.78 is 26.7. The molecule has 9 heteroatoms. The zero-order valence-corrected chi connectivity index (χ0v) is 23.1. The van der Waals surface area contributed by atoms with Crippen LogP contribution in [0.2, 0.25) is 5.02 Å². The quantitative estimate of drug-likeness (QED) is 0.207. The highest BCUT2D eigenvalue weighted by Gasteiger charge is 2.23. The molecule has 0 amide bonds. The summed E-state index contributed by atoms with van der Waals surface area (Å²) in [4.78, 5) is 18.3. The van der Waals surface area contributed by atoms with Gasteiger partial charge in [0.1, 0.15) is 23.3 Å². The highest BCUT2D eigenvalue weighted by Crippen LogP contribution is 2.42. The van der Waals surface area contributed by atoms with E-state index in [1.165, 1.54) is 30.3 Å². The molecule has 5 rings (SSSR count). The van der Waals surface area contributed by atoms with Gasteiger partial charge in [0.05, 0.1) is 24.2 Å². The van der Waals surface area contributed by atoms with Crippen molar-refractivity contribution in [3.05, 3.63) is 97.2 Å². The van der Waals surface area contributed by atoms with Crippen molar-refractivity contribution >= 4 is 44.6 Å². The van der Waals surface area contributed by atoms with Crippen molar-refractivity contribution in [2.45, 2.75) is 44.6 Å². The van der Waals surface area contributed by atoms with Crippen LogP contribution in [0.4, 0.5) is 4.39 Å². The summed E-state index contributed by atoms with van der Waals surface area (Å²) in [7, 11) is 1.52. The van der Waals surface area contributed by atoms with E-state index >= 15 is 0 Å². The van der Waals surface area contributed by atoms with Crippen LogP contribution in [0.1, 0.15) is 55.0 Å². The smallest absolute Gasteiger partial charge is 0.282 e. The first-order valence-corrected chi connectivity index (χ1v) is 13.6. The van der Waals surface area contributed by atoms with Crippen LogP contribution in [-0.4, -0.2) is 23.0 Å². The number of aromatic nitrogens is 2. The predicted molar refractivity (Wildman–Crippen MR) is 151 cm³/mol. The number of para-hydroxylation sites is 1. The Morgan fingerprint density at radius 1 is 1.16 bits per heavy atom. The standard InChI is InChI=1S/C29H26BrClFN3O3/c1-37-24-15-20(25(30)26(31)27(24)38-17-18-11-13-21(32)14-12-18)16-33-35-28(19-7-3-2-4-8-19)34-23-10-6-5-9-22(23)29(35)36/h5-6,9-16,19H,2-4,7-8,17H2,1H3. The Kier molecular flexibility index (Phi) is 8.09. The Morgan fingerprint density at radius 2 is 1.89 bits per heavy atom. The lowest BCUT2D eigenvalue weighted by atomic mass is 9.88. The van der Waals surface area contributed by atoms with Crippen LogP contribution in [0.25, 0.3) is 10.9 Å². The SMILES string of the molecule is COc1cc(C=Nn2c(C3CCCCC3)nc3ccccc3c2=O)c(Br)c(Cl)c1OCc1ccc(F)cc1. The number of rotatable bonds is 7. The van der Waals surface area contributed by atoms with E-state index in [-0.39, 0.29) is 23.9 Å². The van der Waals surface area contributed by atoms with Crippen LogP contribution in [0.15, 0.2) is 69.0 Å². The van der Waals surface area contributed by atoms with Crippen molar-refractivity contribution in [1.82, 2.24) is 9.66 Å². The van der Waals surface area contributed by atoms with Crippen LogP contribution in [0, 0.1) is 5.82 Å². The molecule has 3 aromatic carbocycles. The number of nitrogens with zero attached hydrogens (tertiary/aromatic N) is 3. The first kappa shape index (κ1) is 26.4. The molecule has 6 nitrogen and oxygen atoms in total. The molecule has 0 saturated heterocycles. The van der Waals surface area contributed by atoms with Crippen LogP contribution in [0.5, 0.6) is 11.5 Å². The van der Waals surface area contributed by atoms with E-state index in [0.29, 0.717) is 43.3 Å². The number of ether oxygens (including phenoxy) is 2. The zero-order chi connectivity index (χ0) is 26.6. The lowest BCUT2D eigenvalue weighted by Crippen LogP contribution is -2.25. The zero-order valence-electron chi connectivity index (χ0n) is 20.8. The maximum atomic E-state index is 13.5. The van der Waals surface area contributed by atoms with E-state index in [0.717, 1.165) is 31.2 Å². The number of benzene rings is 3. The molecular formula is C29H26BrClFN3O3. The largest absolute Gasteiger partial charge is 0.493 e. The fourth-order valence-corrected chi connectivity index (χ4v) is 5.37. The van der Waals surface area contributed by atoms with Crippen molar-refractivity contribution < 1.29 is 13.9 Å². The maximum absolute atomic E-state index is 13.5. The fraction of sp³-hybridized carbons (Fsp3) is 0.276. The molecule has 1 aliphatic rings. The Bertz CT molecular complexity index is 1550. The van der Waals surface area contributed by atoms with Gasteiger partial charge in [0.15, 0.2) is 11.5 Å². The Hall–Kier alpha value is -3.23. The van der Waals surface area contributed by atoms with Crippen LogP contribution >= 0.6 is 27.5 Å². The molecule has 1 fully saturated rings. The first-order chi connectivity index (χ1) is 18.5. The number of fused-ring (bicyclic) bond motifs is 1. The normalized spacial score (nSPS) is 14.3. The number of hydrogen-bond acceptors (Lipinski definition) is 5. The summed E-state index contributed by atoms with van der Waals surface area (Å²) in [6.07, 6.45) is 6.93. The van der Waals surface area contributed by atoms with Gasteiger partial charge in [-0.15, -0.1) is 0 Å². The monoisotopic (exact) mass is 597 g/mol. The minimum absolute atomic E-state index is 0.169. The lowest BCUT2D eigenvalue weighted by Gasteiger charge is -2.22. The summed E-state index contributed by atoms with van der Waals surface area (Å²) in [5.74, 6) is 1.27. The van der Waals surface area contributed by atoms with Crippen LogP contribution in [0.3, 0.4) is 0 Å². The number of halogens is 3. The molecule has 0 aliphatic heterocycles. The van der Waals surface area contributed by atoms with E-state index in [1.807, 2.05) is 18.2 Å². The molecule has 1 aliphatic carbocycles. The van der Waals surface area contributed by atoms with Gasteiger partial charge >= 0.3 is 0 Å². The molecule has 4 aromatic rings. The van der Waals surface area contributed by atoms with Crippen molar-refractivity contribution in [3.8, 4) is 11.5 Å². The van der Waals surface area contributed by atoms with Gasteiger partial charge in [-0.1, -0.05) is 55.1 Å². The Labute approximate surface area is 233 Å². The molecule has 0 radical (unpaired) electrons. The fourth-order valence-electron chi connectivity index (χ4n) is 4.72.